The molecular weight excluding hydrogens is 454 g/mol. The van der Waals surface area contributed by atoms with Crippen LogP contribution < -0.4 is 0 Å². The van der Waals surface area contributed by atoms with Gasteiger partial charge in [-0.05, 0) is 57.7 Å². The van der Waals surface area contributed by atoms with Crippen LogP contribution in [0.3, 0.4) is 0 Å². The summed E-state index contributed by atoms with van der Waals surface area (Å²) in [5.41, 5.74) is 0. The van der Waals surface area contributed by atoms with Crippen molar-refractivity contribution in [2.75, 3.05) is 27.7 Å². The molecule has 1 rings (SSSR count). The second kappa shape index (κ2) is 24.5. The van der Waals surface area contributed by atoms with E-state index in [4.69, 9.17) is 4.74 Å². The highest BCUT2D eigenvalue weighted by Crippen LogP contribution is 2.50. The zero-order chi connectivity index (χ0) is 27.0. The third kappa shape index (κ3) is 21.0. The molecule has 1 aliphatic rings. The fourth-order valence-electron chi connectivity index (χ4n) is 6.26. The number of rotatable bonds is 28. The molecule has 0 N–H and O–H groups in total. The summed E-state index contributed by atoms with van der Waals surface area (Å²) in [6, 6.07) is 0. The maximum absolute atomic E-state index is 11.3. The van der Waals surface area contributed by atoms with E-state index in [1.165, 1.54) is 161 Å². The van der Waals surface area contributed by atoms with Crippen LogP contribution in [-0.4, -0.2) is 38.6 Å². The van der Waals surface area contributed by atoms with E-state index in [0.717, 1.165) is 24.2 Å². The van der Waals surface area contributed by atoms with Gasteiger partial charge >= 0.3 is 5.97 Å². The summed E-state index contributed by atoms with van der Waals surface area (Å²) in [6.45, 7) is 3.54. The van der Waals surface area contributed by atoms with E-state index in [1.54, 1.807) is 0 Å². The predicted molar refractivity (Wildman–Crippen MR) is 162 cm³/mol. The maximum Gasteiger partial charge on any atom is 0.305 e. The van der Waals surface area contributed by atoms with E-state index >= 15 is 0 Å². The van der Waals surface area contributed by atoms with Gasteiger partial charge in [0.1, 0.15) is 0 Å². The summed E-state index contributed by atoms with van der Waals surface area (Å²) in [7, 11) is 5.93. The summed E-state index contributed by atoms with van der Waals surface area (Å²) in [4.78, 5) is 13.6. The van der Waals surface area contributed by atoms with Crippen molar-refractivity contribution in [2.24, 2.45) is 17.8 Å². The topological polar surface area (TPSA) is 29.5 Å². The van der Waals surface area contributed by atoms with Crippen LogP contribution in [0.15, 0.2) is 0 Å². The molecule has 0 aromatic rings. The summed E-state index contributed by atoms with van der Waals surface area (Å²) in [6.07, 6.45) is 34.5. The Kier molecular flexibility index (Phi) is 22.8. The lowest BCUT2D eigenvalue weighted by Gasteiger charge is -2.20. The number of carbonyl (C=O) groups is 1. The number of ether oxygens (including phenoxy) is 1. The molecule has 3 nitrogen and oxygen atoms in total. The number of nitrogens with zero attached hydrogens (tertiary/aromatic N) is 1. The average molecular weight is 522 g/mol. The number of esters is 1. The minimum absolute atomic E-state index is 0.0536. The Bertz CT molecular complexity index is 506. The van der Waals surface area contributed by atoms with Crippen molar-refractivity contribution in [3.8, 4) is 0 Å². The highest BCUT2D eigenvalue weighted by molar-refractivity contribution is 5.68. The number of hydrogen-bond donors (Lipinski definition) is 0. The van der Waals surface area contributed by atoms with Gasteiger partial charge in [0.05, 0.1) is 7.11 Å². The van der Waals surface area contributed by atoms with Gasteiger partial charge in [-0.3, -0.25) is 4.79 Å². The number of hydrogen-bond acceptors (Lipinski definition) is 3. The monoisotopic (exact) mass is 522 g/mol. The molecule has 0 heterocycles. The van der Waals surface area contributed by atoms with Gasteiger partial charge in [-0.2, -0.15) is 0 Å². The van der Waals surface area contributed by atoms with Gasteiger partial charge in [0.15, 0.2) is 0 Å². The van der Waals surface area contributed by atoms with Gasteiger partial charge in [0, 0.05) is 6.42 Å². The first kappa shape index (κ1) is 34.5. The first-order valence-electron chi connectivity index (χ1n) is 16.8. The predicted octanol–water partition coefficient (Wildman–Crippen LogP) is 10.4. The Morgan fingerprint density at radius 2 is 1.19 bits per heavy atom. The van der Waals surface area contributed by atoms with Crippen LogP contribution in [0.1, 0.15) is 167 Å². The van der Waals surface area contributed by atoms with Crippen molar-refractivity contribution in [3.63, 3.8) is 0 Å². The van der Waals surface area contributed by atoms with Crippen LogP contribution in [0.5, 0.6) is 0 Å². The highest BCUT2D eigenvalue weighted by Gasteiger charge is 2.41. The Labute approximate surface area is 233 Å². The van der Waals surface area contributed by atoms with Crippen LogP contribution in [0.2, 0.25) is 0 Å². The highest BCUT2D eigenvalue weighted by atomic mass is 16.5. The Morgan fingerprint density at radius 1 is 0.703 bits per heavy atom. The first-order chi connectivity index (χ1) is 18.1. The summed E-state index contributed by atoms with van der Waals surface area (Å²) >= 11 is 0. The van der Waals surface area contributed by atoms with Gasteiger partial charge < -0.3 is 9.64 Å². The summed E-state index contributed by atoms with van der Waals surface area (Å²) in [5.74, 6) is 2.85. The molecule has 3 atom stereocenters. The van der Waals surface area contributed by atoms with Crippen LogP contribution in [0, 0.1) is 17.8 Å². The molecule has 1 fully saturated rings. The van der Waals surface area contributed by atoms with E-state index in [-0.39, 0.29) is 5.97 Å². The first-order valence-corrected chi connectivity index (χ1v) is 16.8. The summed E-state index contributed by atoms with van der Waals surface area (Å²) < 4.78 is 4.75. The largest absolute Gasteiger partial charge is 0.469 e. The molecule has 0 aromatic heterocycles. The molecule has 3 heteroatoms. The second-order valence-electron chi connectivity index (χ2n) is 12.6. The Balaban J connectivity index is 1.97. The van der Waals surface area contributed by atoms with Gasteiger partial charge in [-0.25, -0.2) is 0 Å². The van der Waals surface area contributed by atoms with Crippen molar-refractivity contribution < 1.29 is 9.53 Å². The van der Waals surface area contributed by atoms with E-state index in [2.05, 4.69) is 25.9 Å². The zero-order valence-electron chi connectivity index (χ0n) is 25.9. The second-order valence-corrected chi connectivity index (χ2v) is 12.6. The van der Waals surface area contributed by atoms with Gasteiger partial charge in [-0.15, -0.1) is 0 Å². The third-order valence-corrected chi connectivity index (χ3v) is 8.89. The summed E-state index contributed by atoms with van der Waals surface area (Å²) in [5, 5.41) is 0. The Morgan fingerprint density at radius 3 is 1.68 bits per heavy atom. The molecule has 0 amide bonds. The quantitative estimate of drug-likeness (QED) is 0.0757. The van der Waals surface area contributed by atoms with Crippen LogP contribution in [0.25, 0.3) is 0 Å². The minimum Gasteiger partial charge on any atom is -0.469 e. The third-order valence-electron chi connectivity index (χ3n) is 8.89. The normalized spacial score (nSPS) is 17.9. The van der Waals surface area contributed by atoms with Crippen molar-refractivity contribution in [3.05, 3.63) is 0 Å². The number of methoxy groups -OCH3 is 1. The standard InChI is InChI=1S/C34H67NO2/c1-5-6-7-8-9-10-11-12-13-14-15-16-17-18-19-20-22-25-31(28-29-35(2)3)33-30-32(33)26-23-21-24-27-34(36)37-4/h31-33H,5-30H2,1-4H3. The lowest BCUT2D eigenvalue weighted by Crippen LogP contribution is -2.18. The number of unbranched alkanes of at least 4 members (excludes halogenated alkanes) is 18. The molecular formula is C34H67NO2. The lowest BCUT2D eigenvalue weighted by molar-refractivity contribution is -0.140. The molecule has 0 spiro atoms. The molecule has 0 bridgehead atoms. The van der Waals surface area contributed by atoms with Gasteiger partial charge in [0.25, 0.3) is 0 Å². The smallest absolute Gasteiger partial charge is 0.305 e. The maximum atomic E-state index is 11.3. The van der Waals surface area contributed by atoms with Gasteiger partial charge in [-0.1, -0.05) is 142 Å². The van der Waals surface area contributed by atoms with E-state index in [9.17, 15) is 4.79 Å². The van der Waals surface area contributed by atoms with Crippen LogP contribution in [-0.2, 0) is 9.53 Å². The molecule has 1 saturated carbocycles. The lowest BCUT2D eigenvalue weighted by atomic mass is 9.90. The molecule has 0 aromatic carbocycles. The molecule has 0 radical (unpaired) electrons. The molecule has 1 aliphatic carbocycles. The van der Waals surface area contributed by atoms with Crippen molar-refractivity contribution >= 4 is 5.97 Å². The molecule has 0 aliphatic heterocycles. The van der Waals surface area contributed by atoms with Crippen molar-refractivity contribution in [1.29, 1.82) is 0 Å². The SMILES string of the molecule is CCCCCCCCCCCCCCCCCCCC(CCN(C)C)C1CC1CCCCCC(=O)OC. The molecule has 3 unspecified atom stereocenters. The van der Waals surface area contributed by atoms with Gasteiger partial charge in [0.2, 0.25) is 0 Å². The number of carbonyl (C=O) groups excluding carboxylic acids is 1. The van der Waals surface area contributed by atoms with Crippen LogP contribution in [0.4, 0.5) is 0 Å². The molecule has 37 heavy (non-hydrogen) atoms. The fraction of sp³-hybridized carbons (Fsp3) is 0.971. The van der Waals surface area contributed by atoms with Crippen molar-refractivity contribution in [1.82, 2.24) is 4.90 Å². The van der Waals surface area contributed by atoms with E-state index in [1.807, 2.05) is 0 Å². The fourth-order valence-corrected chi connectivity index (χ4v) is 6.26. The minimum atomic E-state index is -0.0536. The average Bonchev–Trinajstić information content (AvgIpc) is 3.66. The molecule has 0 saturated heterocycles. The Hall–Kier alpha value is -0.570. The van der Waals surface area contributed by atoms with Crippen LogP contribution >= 0.6 is 0 Å². The molecule has 220 valence electrons. The van der Waals surface area contributed by atoms with Crippen molar-refractivity contribution in [2.45, 2.75) is 167 Å². The zero-order valence-corrected chi connectivity index (χ0v) is 25.9. The van der Waals surface area contributed by atoms with E-state index in [0.29, 0.717) is 6.42 Å². The van der Waals surface area contributed by atoms with E-state index < -0.39 is 0 Å².